The molecule has 1 saturated carbocycles. The molecule has 0 bridgehead atoms. The fourth-order valence-corrected chi connectivity index (χ4v) is 4.50. The predicted molar refractivity (Wildman–Crippen MR) is 86.9 cm³/mol. The van der Waals surface area contributed by atoms with Crippen LogP contribution in [-0.2, 0) is 4.74 Å². The van der Waals surface area contributed by atoms with Gasteiger partial charge in [0.25, 0.3) is 0 Å². The summed E-state index contributed by atoms with van der Waals surface area (Å²) >= 11 is 0. The lowest BCUT2D eigenvalue weighted by molar-refractivity contribution is -0.0453. The van der Waals surface area contributed by atoms with Gasteiger partial charge < -0.3 is 10.5 Å². The van der Waals surface area contributed by atoms with Crippen LogP contribution in [0.25, 0.3) is 0 Å². The van der Waals surface area contributed by atoms with E-state index < -0.39 is 0 Å². The summed E-state index contributed by atoms with van der Waals surface area (Å²) in [7, 11) is 2.22. The van der Waals surface area contributed by atoms with Crippen LogP contribution in [0.5, 0.6) is 0 Å². The van der Waals surface area contributed by atoms with Crippen molar-refractivity contribution in [2.24, 2.45) is 16.6 Å². The predicted octanol–water partition coefficient (Wildman–Crippen LogP) is 3.28. The smallest absolute Gasteiger partial charge is 0.0597 e. The highest BCUT2D eigenvalue weighted by atomic mass is 16.5. The summed E-state index contributed by atoms with van der Waals surface area (Å²) in [6.45, 7) is 16.2. The Hall–Kier alpha value is -0.120. The number of hydrogen-bond acceptors (Lipinski definition) is 3. The molecule has 3 nitrogen and oxygen atoms in total. The van der Waals surface area contributed by atoms with Crippen LogP contribution in [0.3, 0.4) is 0 Å². The Kier molecular flexibility index (Phi) is 5.67. The van der Waals surface area contributed by atoms with Gasteiger partial charge >= 0.3 is 0 Å². The topological polar surface area (TPSA) is 38.5 Å². The summed E-state index contributed by atoms with van der Waals surface area (Å²) in [6.07, 6.45) is 3.94. The van der Waals surface area contributed by atoms with Crippen molar-refractivity contribution < 1.29 is 4.74 Å². The van der Waals surface area contributed by atoms with Gasteiger partial charge in [-0.25, -0.2) is 0 Å². The molecular weight excluding hydrogens is 248 g/mol. The number of nitrogens with two attached hydrogens (primary N) is 1. The highest BCUT2D eigenvalue weighted by Crippen LogP contribution is 2.51. The van der Waals surface area contributed by atoms with Crippen LogP contribution in [-0.4, -0.2) is 43.3 Å². The third kappa shape index (κ3) is 4.71. The Balaban J connectivity index is 2.79. The summed E-state index contributed by atoms with van der Waals surface area (Å²) in [6, 6.07) is 0. The molecule has 1 aliphatic rings. The second kappa shape index (κ2) is 6.33. The summed E-state index contributed by atoms with van der Waals surface area (Å²) in [4.78, 5) is 2.46. The van der Waals surface area contributed by atoms with Crippen molar-refractivity contribution in [2.75, 3.05) is 26.7 Å². The first-order valence-electron chi connectivity index (χ1n) is 8.05. The minimum atomic E-state index is 0.117. The Bertz CT molecular complexity index is 294. The zero-order valence-corrected chi connectivity index (χ0v) is 14.8. The first-order valence-corrected chi connectivity index (χ1v) is 8.05. The third-order valence-corrected chi connectivity index (χ3v) is 4.64. The van der Waals surface area contributed by atoms with E-state index in [0.717, 1.165) is 19.7 Å². The van der Waals surface area contributed by atoms with E-state index in [-0.39, 0.29) is 5.54 Å². The van der Waals surface area contributed by atoms with Gasteiger partial charge in [0.05, 0.1) is 12.7 Å². The SMILES string of the molecule is CC(C)OCCN(C)C1(CN)CC(C)(C)CC(C)(C)C1. The molecule has 0 aromatic rings. The second-order valence-electron chi connectivity index (χ2n) is 8.63. The van der Waals surface area contributed by atoms with Crippen LogP contribution >= 0.6 is 0 Å². The molecule has 3 heteroatoms. The minimum absolute atomic E-state index is 0.117. The number of rotatable bonds is 6. The maximum Gasteiger partial charge on any atom is 0.0597 e. The van der Waals surface area contributed by atoms with Crippen LogP contribution in [0.1, 0.15) is 60.8 Å². The number of nitrogens with zero attached hydrogens (tertiary/aromatic N) is 1. The van der Waals surface area contributed by atoms with E-state index in [9.17, 15) is 0 Å². The van der Waals surface area contributed by atoms with Gasteiger partial charge in [-0.1, -0.05) is 27.7 Å². The molecule has 0 radical (unpaired) electrons. The lowest BCUT2D eigenvalue weighted by Gasteiger charge is -2.55. The maximum atomic E-state index is 6.23. The Morgan fingerprint density at radius 3 is 1.95 bits per heavy atom. The zero-order chi connectivity index (χ0) is 15.6. The van der Waals surface area contributed by atoms with Crippen LogP contribution < -0.4 is 5.73 Å². The summed E-state index contributed by atoms with van der Waals surface area (Å²) in [5.41, 5.74) is 7.06. The maximum absolute atomic E-state index is 6.23. The van der Waals surface area contributed by atoms with Gasteiger partial charge in [-0.05, 0) is 51.0 Å². The molecule has 2 N–H and O–H groups in total. The number of ether oxygens (including phenoxy) is 1. The molecule has 1 rings (SSSR count). The average molecular weight is 284 g/mol. The van der Waals surface area contributed by atoms with E-state index in [1.165, 1.54) is 19.3 Å². The monoisotopic (exact) mass is 284 g/mol. The molecule has 0 saturated heterocycles. The van der Waals surface area contributed by atoms with Crippen molar-refractivity contribution in [3.8, 4) is 0 Å². The molecule has 120 valence electrons. The van der Waals surface area contributed by atoms with E-state index in [1.807, 2.05) is 0 Å². The Morgan fingerprint density at radius 2 is 1.55 bits per heavy atom. The summed E-state index contributed by atoms with van der Waals surface area (Å²) in [5, 5.41) is 0. The lowest BCUT2D eigenvalue weighted by atomic mass is 9.58. The van der Waals surface area contributed by atoms with Gasteiger partial charge in [0.1, 0.15) is 0 Å². The molecule has 0 aromatic heterocycles. The van der Waals surface area contributed by atoms with Crippen LogP contribution in [0.4, 0.5) is 0 Å². The molecule has 0 amide bonds. The normalized spacial score (nSPS) is 24.3. The zero-order valence-electron chi connectivity index (χ0n) is 14.8. The van der Waals surface area contributed by atoms with Crippen LogP contribution in [0.15, 0.2) is 0 Å². The van der Waals surface area contributed by atoms with E-state index in [1.54, 1.807) is 0 Å². The molecule has 0 spiro atoms. The lowest BCUT2D eigenvalue weighted by Crippen LogP contribution is -2.60. The van der Waals surface area contributed by atoms with Gasteiger partial charge in [0.2, 0.25) is 0 Å². The van der Waals surface area contributed by atoms with Crippen molar-refractivity contribution in [3.63, 3.8) is 0 Å². The number of hydrogen-bond donors (Lipinski definition) is 1. The molecule has 0 aromatic carbocycles. The quantitative estimate of drug-likeness (QED) is 0.813. The van der Waals surface area contributed by atoms with Gasteiger partial charge in [-0.3, -0.25) is 4.90 Å². The van der Waals surface area contributed by atoms with Crippen molar-refractivity contribution in [2.45, 2.75) is 72.4 Å². The molecule has 0 atom stereocenters. The molecule has 0 heterocycles. The molecule has 1 fully saturated rings. The average Bonchev–Trinajstić information content (AvgIpc) is 2.23. The third-order valence-electron chi connectivity index (χ3n) is 4.64. The first-order chi connectivity index (χ1) is 9.02. The van der Waals surface area contributed by atoms with Gasteiger partial charge in [0, 0.05) is 18.6 Å². The van der Waals surface area contributed by atoms with Crippen molar-refractivity contribution in [1.29, 1.82) is 0 Å². The molecule has 20 heavy (non-hydrogen) atoms. The molecule has 0 aliphatic heterocycles. The van der Waals surface area contributed by atoms with Gasteiger partial charge in [-0.2, -0.15) is 0 Å². The fourth-order valence-electron chi connectivity index (χ4n) is 4.50. The van der Waals surface area contributed by atoms with Crippen LogP contribution in [0.2, 0.25) is 0 Å². The largest absolute Gasteiger partial charge is 0.377 e. The van der Waals surface area contributed by atoms with E-state index in [0.29, 0.717) is 16.9 Å². The van der Waals surface area contributed by atoms with Crippen molar-refractivity contribution in [1.82, 2.24) is 4.90 Å². The van der Waals surface area contributed by atoms with Gasteiger partial charge in [-0.15, -0.1) is 0 Å². The summed E-state index contributed by atoms with van der Waals surface area (Å²) < 4.78 is 5.71. The highest BCUT2D eigenvalue weighted by molar-refractivity contribution is 5.03. The summed E-state index contributed by atoms with van der Waals surface area (Å²) in [5.74, 6) is 0. The highest BCUT2D eigenvalue weighted by Gasteiger charge is 2.48. The van der Waals surface area contributed by atoms with E-state index >= 15 is 0 Å². The Labute approximate surface area is 126 Å². The van der Waals surface area contributed by atoms with Crippen molar-refractivity contribution >= 4 is 0 Å². The van der Waals surface area contributed by atoms with Gasteiger partial charge in [0.15, 0.2) is 0 Å². The van der Waals surface area contributed by atoms with E-state index in [2.05, 4.69) is 53.5 Å². The fraction of sp³-hybridized carbons (Fsp3) is 1.00. The van der Waals surface area contributed by atoms with E-state index in [4.69, 9.17) is 10.5 Å². The number of likely N-dealkylation sites (N-methyl/N-ethyl adjacent to an activating group) is 1. The second-order valence-corrected chi connectivity index (χ2v) is 8.63. The first kappa shape index (κ1) is 17.9. The molecule has 0 unspecified atom stereocenters. The molecular formula is C17H36N2O. The van der Waals surface area contributed by atoms with Crippen molar-refractivity contribution in [3.05, 3.63) is 0 Å². The van der Waals surface area contributed by atoms with Crippen LogP contribution in [0, 0.1) is 10.8 Å². The minimum Gasteiger partial charge on any atom is -0.377 e. The Morgan fingerprint density at radius 1 is 1.05 bits per heavy atom. The standard InChI is InChI=1S/C17H36N2O/c1-14(2)20-9-8-19(7)17(13-18)11-15(3,4)10-16(5,6)12-17/h14H,8-13,18H2,1-7H3. The molecule has 1 aliphatic carbocycles.